The van der Waals surface area contributed by atoms with Gasteiger partial charge in [0.15, 0.2) is 0 Å². The summed E-state index contributed by atoms with van der Waals surface area (Å²) in [6.45, 7) is 7.40. The van der Waals surface area contributed by atoms with Gasteiger partial charge in [-0.3, -0.25) is 14.9 Å². The molecule has 1 aliphatic heterocycles. The highest BCUT2D eigenvalue weighted by atomic mass is 16.6. The lowest BCUT2D eigenvalue weighted by Gasteiger charge is -2.35. The summed E-state index contributed by atoms with van der Waals surface area (Å²) in [5.41, 5.74) is 2.60. The number of non-ortho nitro benzene ring substituents is 1. The zero-order valence-corrected chi connectivity index (χ0v) is 17.6. The average molecular weight is 403 g/mol. The Morgan fingerprint density at radius 3 is 2.93 bits per heavy atom. The van der Waals surface area contributed by atoms with Crippen LogP contribution < -0.4 is 5.32 Å². The van der Waals surface area contributed by atoms with E-state index in [9.17, 15) is 14.9 Å². The van der Waals surface area contributed by atoms with E-state index in [2.05, 4.69) is 17.1 Å². The van der Waals surface area contributed by atoms with Crippen molar-refractivity contribution in [3.05, 3.63) is 39.4 Å². The summed E-state index contributed by atoms with van der Waals surface area (Å²) in [5, 5.41) is 14.3. The largest absolute Gasteiger partial charge is 0.342 e. The van der Waals surface area contributed by atoms with Gasteiger partial charge in [-0.15, -0.1) is 0 Å². The molecule has 1 aromatic rings. The summed E-state index contributed by atoms with van der Waals surface area (Å²) in [6, 6.07) is 5.78. The minimum atomic E-state index is -0.298. The van der Waals surface area contributed by atoms with Gasteiger partial charge >= 0.3 is 0 Å². The molecular formula is C22H34N4O3. The topological polar surface area (TPSA) is 78.7 Å². The lowest BCUT2D eigenvalue weighted by molar-refractivity contribution is -0.384. The summed E-state index contributed by atoms with van der Waals surface area (Å²) >= 11 is 0. The summed E-state index contributed by atoms with van der Waals surface area (Å²) in [4.78, 5) is 27.5. The van der Waals surface area contributed by atoms with Crippen molar-refractivity contribution in [2.24, 2.45) is 0 Å². The first-order chi connectivity index (χ1) is 14.1. The van der Waals surface area contributed by atoms with Crippen LogP contribution >= 0.6 is 0 Å². The van der Waals surface area contributed by atoms with E-state index >= 15 is 0 Å². The summed E-state index contributed by atoms with van der Waals surface area (Å²) < 4.78 is 0. The van der Waals surface area contributed by atoms with Crippen molar-refractivity contribution >= 4 is 11.6 Å². The molecule has 7 heteroatoms. The van der Waals surface area contributed by atoms with Crippen LogP contribution in [0.15, 0.2) is 18.2 Å². The monoisotopic (exact) mass is 402 g/mol. The molecule has 1 saturated heterocycles. The Labute approximate surface area is 173 Å². The third-order valence-electron chi connectivity index (χ3n) is 6.16. The van der Waals surface area contributed by atoms with Gasteiger partial charge in [-0.25, -0.2) is 0 Å². The molecule has 7 nitrogen and oxygen atoms in total. The van der Waals surface area contributed by atoms with Gasteiger partial charge in [-0.1, -0.05) is 13.0 Å². The highest BCUT2D eigenvalue weighted by Gasteiger charge is 2.25. The van der Waals surface area contributed by atoms with E-state index in [0.29, 0.717) is 12.6 Å². The number of unbranched alkanes of at least 4 members (excludes halogenated alkanes) is 1. The van der Waals surface area contributed by atoms with Crippen LogP contribution in [0.3, 0.4) is 0 Å². The summed E-state index contributed by atoms with van der Waals surface area (Å²) in [5.74, 6) is 0.221. The Balaban J connectivity index is 1.52. The first-order valence-corrected chi connectivity index (χ1v) is 11.1. The van der Waals surface area contributed by atoms with Crippen molar-refractivity contribution in [2.45, 2.75) is 57.9 Å². The maximum atomic E-state index is 12.1. The van der Waals surface area contributed by atoms with E-state index in [1.165, 1.54) is 5.56 Å². The third-order valence-corrected chi connectivity index (χ3v) is 6.16. The van der Waals surface area contributed by atoms with E-state index in [1.54, 1.807) is 12.1 Å². The maximum Gasteiger partial charge on any atom is 0.269 e. The molecule has 1 aliphatic carbocycles. The number of nitro groups is 1. The van der Waals surface area contributed by atoms with E-state index in [1.807, 2.05) is 11.0 Å². The Bertz CT molecular complexity index is 709. The van der Waals surface area contributed by atoms with Gasteiger partial charge in [0.05, 0.1) is 11.5 Å². The molecule has 29 heavy (non-hydrogen) atoms. The number of carbonyl (C=O) groups is 1. The highest BCUT2D eigenvalue weighted by molar-refractivity contribution is 5.78. The first kappa shape index (κ1) is 21.7. The van der Waals surface area contributed by atoms with Gasteiger partial charge in [0.25, 0.3) is 5.69 Å². The number of carbonyl (C=O) groups excluding carboxylic acids is 1. The van der Waals surface area contributed by atoms with Crippen LogP contribution in [0.1, 0.15) is 50.2 Å². The fraction of sp³-hybridized carbons (Fsp3) is 0.682. The number of benzene rings is 1. The lowest BCUT2D eigenvalue weighted by Crippen LogP contribution is -2.41. The van der Waals surface area contributed by atoms with Gasteiger partial charge in [-0.05, 0) is 75.7 Å². The van der Waals surface area contributed by atoms with Crippen LogP contribution in [0.4, 0.5) is 5.69 Å². The molecule has 1 N–H and O–H groups in total. The Morgan fingerprint density at radius 2 is 2.14 bits per heavy atom. The van der Waals surface area contributed by atoms with Gasteiger partial charge in [0.2, 0.25) is 5.91 Å². The predicted octanol–water partition coefficient (Wildman–Crippen LogP) is 2.77. The number of amides is 1. The average Bonchev–Trinajstić information content (AvgIpc) is 2.93. The molecular weight excluding hydrogens is 368 g/mol. The smallest absolute Gasteiger partial charge is 0.269 e. The molecule has 3 rings (SSSR count). The van der Waals surface area contributed by atoms with Crippen LogP contribution in [0.25, 0.3) is 0 Å². The molecule has 2 aliphatic rings. The number of hydrogen-bond acceptors (Lipinski definition) is 5. The minimum Gasteiger partial charge on any atom is -0.342 e. The molecule has 0 bridgehead atoms. The molecule has 0 spiro atoms. The van der Waals surface area contributed by atoms with Crippen molar-refractivity contribution < 1.29 is 9.72 Å². The van der Waals surface area contributed by atoms with Crippen LogP contribution in [0.5, 0.6) is 0 Å². The predicted molar refractivity (Wildman–Crippen MR) is 114 cm³/mol. The number of hydrogen-bond donors (Lipinski definition) is 1. The molecule has 1 atom stereocenters. The highest BCUT2D eigenvalue weighted by Crippen LogP contribution is 2.28. The van der Waals surface area contributed by atoms with Crippen LogP contribution in [-0.4, -0.2) is 65.9 Å². The Hall–Kier alpha value is -1.99. The molecule has 0 saturated carbocycles. The number of rotatable bonds is 9. The molecule has 0 aromatic heterocycles. The fourth-order valence-corrected chi connectivity index (χ4v) is 4.59. The van der Waals surface area contributed by atoms with Gasteiger partial charge < -0.3 is 15.1 Å². The second kappa shape index (κ2) is 10.7. The van der Waals surface area contributed by atoms with Crippen molar-refractivity contribution in [2.75, 3.05) is 39.3 Å². The molecule has 1 fully saturated rings. The number of nitrogens with zero attached hydrogens (tertiary/aromatic N) is 3. The fourth-order valence-electron chi connectivity index (χ4n) is 4.59. The van der Waals surface area contributed by atoms with Crippen molar-refractivity contribution in [1.29, 1.82) is 0 Å². The first-order valence-electron chi connectivity index (χ1n) is 11.1. The summed E-state index contributed by atoms with van der Waals surface area (Å²) in [7, 11) is 0. The number of aryl methyl sites for hydroxylation is 1. The quantitative estimate of drug-likeness (QED) is 0.390. The van der Waals surface area contributed by atoms with E-state index in [0.717, 1.165) is 83.2 Å². The Kier molecular flexibility index (Phi) is 8.00. The van der Waals surface area contributed by atoms with Crippen LogP contribution in [0, 0.1) is 10.1 Å². The zero-order chi connectivity index (χ0) is 20.6. The molecule has 1 unspecified atom stereocenters. The number of nitrogens with one attached hydrogen (secondary N) is 1. The van der Waals surface area contributed by atoms with E-state index in [4.69, 9.17) is 0 Å². The molecule has 1 amide bonds. The number of fused-ring (bicyclic) bond motifs is 1. The van der Waals surface area contributed by atoms with Crippen LogP contribution in [0.2, 0.25) is 0 Å². The Morgan fingerprint density at radius 1 is 1.28 bits per heavy atom. The molecule has 160 valence electrons. The van der Waals surface area contributed by atoms with Crippen LogP contribution in [-0.2, 0) is 17.6 Å². The van der Waals surface area contributed by atoms with Gasteiger partial charge in [0, 0.05) is 31.3 Å². The van der Waals surface area contributed by atoms with Gasteiger partial charge in [-0.2, -0.15) is 0 Å². The normalized spacial score (nSPS) is 19.9. The lowest BCUT2D eigenvalue weighted by atomic mass is 9.87. The second-order valence-corrected chi connectivity index (χ2v) is 8.26. The van der Waals surface area contributed by atoms with E-state index < -0.39 is 0 Å². The molecule has 1 heterocycles. The maximum absolute atomic E-state index is 12.1. The molecule has 0 radical (unpaired) electrons. The third kappa shape index (κ3) is 6.00. The summed E-state index contributed by atoms with van der Waals surface area (Å²) in [6.07, 6.45) is 7.24. The minimum absolute atomic E-state index is 0.197. The molecule has 1 aromatic carbocycles. The van der Waals surface area contributed by atoms with Gasteiger partial charge in [0.1, 0.15) is 0 Å². The number of nitro benzene ring substituents is 1. The SMILES string of the molecule is CCCN(CCCCN1CCCNCC1=O)C1CCc2ccc([N+](=O)[O-])cc2C1. The zero-order valence-electron chi connectivity index (χ0n) is 17.6. The van der Waals surface area contributed by atoms with Crippen molar-refractivity contribution in [3.8, 4) is 0 Å². The standard InChI is InChI=1S/C22H34N4O3/c1-2-11-24(12-3-4-13-25-14-5-10-23-17-22(25)27)20-8-6-18-7-9-21(26(28)29)16-19(18)15-20/h7,9,16,20,23H,2-6,8,10-15,17H2,1H3. The van der Waals surface area contributed by atoms with Crippen molar-refractivity contribution in [3.63, 3.8) is 0 Å². The second-order valence-electron chi connectivity index (χ2n) is 8.26. The van der Waals surface area contributed by atoms with Crippen molar-refractivity contribution in [1.82, 2.24) is 15.1 Å². The van der Waals surface area contributed by atoms with E-state index in [-0.39, 0.29) is 16.5 Å².